The van der Waals surface area contributed by atoms with Crippen molar-refractivity contribution in [3.63, 3.8) is 0 Å². The summed E-state index contributed by atoms with van der Waals surface area (Å²) in [5, 5.41) is 11.3. The van der Waals surface area contributed by atoms with Crippen LogP contribution in [0.4, 0.5) is 0 Å². The lowest BCUT2D eigenvalue weighted by Gasteiger charge is -2.07. The summed E-state index contributed by atoms with van der Waals surface area (Å²) in [7, 11) is 0. The molecule has 4 nitrogen and oxygen atoms in total. The van der Waals surface area contributed by atoms with Gasteiger partial charge in [-0.25, -0.2) is 0 Å². The second-order valence-electron chi connectivity index (χ2n) is 3.75. The first-order valence-electron chi connectivity index (χ1n) is 5.41. The van der Waals surface area contributed by atoms with Crippen LogP contribution in [0.5, 0.6) is 5.88 Å². The lowest BCUT2D eigenvalue weighted by molar-refractivity contribution is 0.301. The van der Waals surface area contributed by atoms with Crippen LogP contribution in [-0.4, -0.2) is 22.8 Å². The molecule has 0 unspecified atom stereocenters. The third-order valence-electron chi connectivity index (χ3n) is 1.84. The summed E-state index contributed by atoms with van der Waals surface area (Å²) >= 11 is 0. The van der Waals surface area contributed by atoms with E-state index in [1.165, 1.54) is 0 Å². The predicted molar refractivity (Wildman–Crippen MR) is 59.8 cm³/mol. The number of rotatable bonds is 6. The van der Waals surface area contributed by atoms with Crippen LogP contribution in [0.2, 0.25) is 0 Å². The lowest BCUT2D eigenvalue weighted by Crippen LogP contribution is -2.22. The summed E-state index contributed by atoms with van der Waals surface area (Å²) in [6.45, 7) is 7.71. The zero-order valence-electron chi connectivity index (χ0n) is 9.66. The summed E-state index contributed by atoms with van der Waals surface area (Å²) in [6, 6.07) is 4.26. The Morgan fingerprint density at radius 3 is 2.67 bits per heavy atom. The molecule has 1 rings (SSSR count). The predicted octanol–water partition coefficient (Wildman–Crippen LogP) is 1.76. The molecule has 0 aliphatic rings. The molecule has 0 atom stereocenters. The van der Waals surface area contributed by atoms with E-state index in [-0.39, 0.29) is 0 Å². The van der Waals surface area contributed by atoms with Crippen LogP contribution >= 0.6 is 0 Å². The minimum absolute atomic E-state index is 0.461. The second-order valence-corrected chi connectivity index (χ2v) is 3.75. The van der Waals surface area contributed by atoms with E-state index in [0.717, 1.165) is 18.7 Å². The highest BCUT2D eigenvalue weighted by atomic mass is 16.5. The highest BCUT2D eigenvalue weighted by Crippen LogP contribution is 2.05. The van der Waals surface area contributed by atoms with Gasteiger partial charge < -0.3 is 10.1 Å². The second kappa shape index (κ2) is 6.35. The Labute approximate surface area is 91.1 Å². The van der Waals surface area contributed by atoms with Gasteiger partial charge in [0.05, 0.1) is 12.3 Å². The van der Waals surface area contributed by atoms with Gasteiger partial charge in [-0.1, -0.05) is 20.8 Å². The highest BCUT2D eigenvalue weighted by molar-refractivity contribution is 5.11. The first kappa shape index (κ1) is 11.9. The number of aromatic nitrogens is 2. The van der Waals surface area contributed by atoms with E-state index >= 15 is 0 Å². The Hall–Kier alpha value is -1.16. The van der Waals surface area contributed by atoms with Gasteiger partial charge in [0.25, 0.3) is 0 Å². The topological polar surface area (TPSA) is 47.0 Å². The van der Waals surface area contributed by atoms with Crippen molar-refractivity contribution in [1.82, 2.24) is 15.5 Å². The van der Waals surface area contributed by atoms with E-state index in [0.29, 0.717) is 18.5 Å². The monoisotopic (exact) mass is 209 g/mol. The lowest BCUT2D eigenvalue weighted by atomic mass is 10.3. The van der Waals surface area contributed by atoms with Crippen LogP contribution in [0.15, 0.2) is 12.1 Å². The van der Waals surface area contributed by atoms with Gasteiger partial charge in [-0.05, 0) is 12.5 Å². The first-order valence-corrected chi connectivity index (χ1v) is 5.41. The molecule has 0 radical (unpaired) electrons. The molecule has 0 saturated carbocycles. The van der Waals surface area contributed by atoms with Crippen LogP contribution in [0.1, 0.15) is 32.9 Å². The van der Waals surface area contributed by atoms with Crippen molar-refractivity contribution in [2.45, 2.75) is 39.8 Å². The fraction of sp³-hybridized carbons (Fsp3) is 0.636. The van der Waals surface area contributed by atoms with Gasteiger partial charge >= 0.3 is 0 Å². The van der Waals surface area contributed by atoms with Gasteiger partial charge in [0.1, 0.15) is 0 Å². The highest BCUT2D eigenvalue weighted by Gasteiger charge is 1.99. The molecule has 0 spiro atoms. The van der Waals surface area contributed by atoms with Crippen molar-refractivity contribution in [2.75, 3.05) is 6.61 Å². The van der Waals surface area contributed by atoms with E-state index < -0.39 is 0 Å². The molecule has 1 heterocycles. The molecule has 0 amide bonds. The average Bonchev–Trinajstić information content (AvgIpc) is 2.25. The Morgan fingerprint density at radius 1 is 1.33 bits per heavy atom. The molecule has 1 aromatic rings. The number of nitrogens with zero attached hydrogens (tertiary/aromatic N) is 2. The van der Waals surface area contributed by atoms with Crippen molar-refractivity contribution in [1.29, 1.82) is 0 Å². The van der Waals surface area contributed by atoms with Crippen molar-refractivity contribution < 1.29 is 4.74 Å². The molecule has 0 fully saturated rings. The fourth-order valence-electron chi connectivity index (χ4n) is 1.03. The Balaban J connectivity index is 2.41. The van der Waals surface area contributed by atoms with Crippen molar-refractivity contribution in [3.05, 3.63) is 17.8 Å². The number of ether oxygens (including phenoxy) is 1. The van der Waals surface area contributed by atoms with Gasteiger partial charge in [-0.3, -0.25) is 0 Å². The normalized spacial score (nSPS) is 10.7. The molecule has 4 heteroatoms. The zero-order valence-corrected chi connectivity index (χ0v) is 9.66. The van der Waals surface area contributed by atoms with Crippen molar-refractivity contribution >= 4 is 0 Å². The van der Waals surface area contributed by atoms with Crippen LogP contribution < -0.4 is 10.1 Å². The summed E-state index contributed by atoms with van der Waals surface area (Å²) in [5.74, 6) is 0.602. The van der Waals surface area contributed by atoms with Gasteiger partial charge in [-0.15, -0.1) is 5.10 Å². The number of hydrogen-bond acceptors (Lipinski definition) is 4. The third-order valence-corrected chi connectivity index (χ3v) is 1.84. The maximum atomic E-state index is 5.34. The van der Waals surface area contributed by atoms with Crippen LogP contribution in [-0.2, 0) is 6.54 Å². The molecule has 1 N–H and O–H groups in total. The maximum absolute atomic E-state index is 5.34. The summed E-state index contributed by atoms with van der Waals surface area (Å²) in [6.07, 6.45) is 0.984. The SMILES string of the molecule is CCCOc1ccc(CNC(C)C)nn1. The first-order chi connectivity index (χ1) is 7.22. The van der Waals surface area contributed by atoms with Crippen LogP contribution in [0.3, 0.4) is 0 Å². The minimum Gasteiger partial charge on any atom is -0.477 e. The van der Waals surface area contributed by atoms with E-state index in [2.05, 4.69) is 36.3 Å². The minimum atomic E-state index is 0.461. The van der Waals surface area contributed by atoms with Crippen LogP contribution in [0, 0.1) is 0 Å². The molecule has 0 aromatic carbocycles. The standard InChI is InChI=1S/C11H19N3O/c1-4-7-15-11-6-5-10(13-14-11)8-12-9(2)3/h5-6,9,12H,4,7-8H2,1-3H3. The molecule has 84 valence electrons. The fourth-order valence-corrected chi connectivity index (χ4v) is 1.03. The van der Waals surface area contributed by atoms with Gasteiger partial charge in [0.2, 0.25) is 5.88 Å². The molecule has 0 aliphatic heterocycles. The Bertz CT molecular complexity index is 272. The zero-order chi connectivity index (χ0) is 11.1. The number of nitrogens with one attached hydrogen (secondary N) is 1. The Kier molecular flexibility index (Phi) is 5.04. The maximum Gasteiger partial charge on any atom is 0.233 e. The quantitative estimate of drug-likeness (QED) is 0.775. The summed E-state index contributed by atoms with van der Waals surface area (Å²) < 4.78 is 5.34. The average molecular weight is 209 g/mol. The van der Waals surface area contributed by atoms with Crippen molar-refractivity contribution in [3.8, 4) is 5.88 Å². The van der Waals surface area contributed by atoms with Gasteiger partial charge in [-0.2, -0.15) is 5.10 Å². The summed E-state index contributed by atoms with van der Waals surface area (Å²) in [4.78, 5) is 0. The van der Waals surface area contributed by atoms with Crippen molar-refractivity contribution in [2.24, 2.45) is 0 Å². The van der Waals surface area contributed by atoms with E-state index in [1.807, 2.05) is 12.1 Å². The van der Waals surface area contributed by atoms with Crippen LogP contribution in [0.25, 0.3) is 0 Å². The third kappa shape index (κ3) is 4.74. The summed E-state index contributed by atoms with van der Waals surface area (Å²) in [5.41, 5.74) is 0.938. The molecule has 15 heavy (non-hydrogen) atoms. The number of hydrogen-bond donors (Lipinski definition) is 1. The smallest absolute Gasteiger partial charge is 0.233 e. The molecule has 1 aromatic heterocycles. The van der Waals surface area contributed by atoms with E-state index in [9.17, 15) is 0 Å². The van der Waals surface area contributed by atoms with E-state index in [1.54, 1.807) is 0 Å². The van der Waals surface area contributed by atoms with Gasteiger partial charge in [0, 0.05) is 18.7 Å². The van der Waals surface area contributed by atoms with E-state index in [4.69, 9.17) is 4.74 Å². The molecular weight excluding hydrogens is 190 g/mol. The molecule has 0 aliphatic carbocycles. The Morgan fingerprint density at radius 2 is 2.13 bits per heavy atom. The van der Waals surface area contributed by atoms with Gasteiger partial charge in [0.15, 0.2) is 0 Å². The molecule has 0 saturated heterocycles. The molecular formula is C11H19N3O. The largest absolute Gasteiger partial charge is 0.477 e. The molecule has 0 bridgehead atoms.